The second kappa shape index (κ2) is 6.88. The molecule has 0 saturated heterocycles. The van der Waals surface area contributed by atoms with Crippen LogP contribution in [0.15, 0.2) is 12.2 Å². The van der Waals surface area contributed by atoms with Crippen molar-refractivity contribution in [2.24, 2.45) is 0 Å². The van der Waals surface area contributed by atoms with Crippen molar-refractivity contribution in [3.05, 3.63) is 12.2 Å². The van der Waals surface area contributed by atoms with E-state index in [0.29, 0.717) is 19.3 Å². The minimum atomic E-state index is -0.185. The molecular formula is C9H12O2. The SMILES string of the molecule is C#CC/C=C\CCC(=O)OC. The molecule has 0 N–H and O–H groups in total. The molecule has 2 heteroatoms. The van der Waals surface area contributed by atoms with E-state index >= 15 is 0 Å². The zero-order valence-electron chi connectivity index (χ0n) is 6.67. The summed E-state index contributed by atoms with van der Waals surface area (Å²) in [6.07, 6.45) is 10.5. The van der Waals surface area contributed by atoms with Crippen LogP contribution in [0.25, 0.3) is 0 Å². The minimum absolute atomic E-state index is 0.185. The highest BCUT2D eigenvalue weighted by Crippen LogP contribution is 1.93. The molecule has 0 aromatic carbocycles. The molecule has 0 bridgehead atoms. The molecule has 0 saturated carbocycles. The predicted molar refractivity (Wildman–Crippen MR) is 43.8 cm³/mol. The summed E-state index contributed by atoms with van der Waals surface area (Å²) in [7, 11) is 1.38. The lowest BCUT2D eigenvalue weighted by Crippen LogP contribution is -1.97. The van der Waals surface area contributed by atoms with Gasteiger partial charge in [0.05, 0.1) is 7.11 Å². The van der Waals surface area contributed by atoms with Crippen molar-refractivity contribution in [1.82, 2.24) is 0 Å². The monoisotopic (exact) mass is 152 g/mol. The standard InChI is InChI=1S/C9H12O2/c1-3-4-5-6-7-8-9(10)11-2/h1,5-6H,4,7-8H2,2H3/b6-5-. The smallest absolute Gasteiger partial charge is 0.305 e. The van der Waals surface area contributed by atoms with Crippen LogP contribution in [0.3, 0.4) is 0 Å². The van der Waals surface area contributed by atoms with E-state index in [2.05, 4.69) is 10.7 Å². The second-order valence-corrected chi connectivity index (χ2v) is 1.99. The molecule has 0 fully saturated rings. The minimum Gasteiger partial charge on any atom is -0.469 e. The van der Waals surface area contributed by atoms with E-state index in [1.807, 2.05) is 12.2 Å². The first-order valence-electron chi connectivity index (χ1n) is 3.46. The third kappa shape index (κ3) is 6.66. The van der Waals surface area contributed by atoms with Crippen LogP contribution in [0.2, 0.25) is 0 Å². The van der Waals surface area contributed by atoms with Gasteiger partial charge in [-0.1, -0.05) is 12.2 Å². The van der Waals surface area contributed by atoms with Crippen LogP contribution in [-0.4, -0.2) is 13.1 Å². The zero-order valence-corrected chi connectivity index (χ0v) is 6.67. The number of carbonyl (C=O) groups excluding carboxylic acids is 1. The van der Waals surface area contributed by atoms with Crippen LogP contribution in [0.4, 0.5) is 0 Å². The van der Waals surface area contributed by atoms with E-state index in [0.717, 1.165) is 0 Å². The molecule has 2 nitrogen and oxygen atoms in total. The molecule has 11 heavy (non-hydrogen) atoms. The van der Waals surface area contributed by atoms with E-state index in [9.17, 15) is 4.79 Å². The second-order valence-electron chi connectivity index (χ2n) is 1.99. The van der Waals surface area contributed by atoms with E-state index in [1.54, 1.807) is 0 Å². The fourth-order valence-corrected chi connectivity index (χ4v) is 0.572. The molecule has 0 aromatic heterocycles. The number of rotatable bonds is 4. The molecule has 0 atom stereocenters. The summed E-state index contributed by atoms with van der Waals surface area (Å²) in [4.78, 5) is 10.5. The number of hydrogen-bond acceptors (Lipinski definition) is 2. The predicted octanol–water partition coefficient (Wildman–Crippen LogP) is 1.52. The maximum absolute atomic E-state index is 10.5. The van der Waals surface area contributed by atoms with Gasteiger partial charge in [-0.2, -0.15) is 0 Å². The average Bonchev–Trinajstić information content (AvgIpc) is 2.04. The quantitative estimate of drug-likeness (QED) is 0.347. The van der Waals surface area contributed by atoms with Gasteiger partial charge in [-0.15, -0.1) is 12.3 Å². The summed E-state index contributed by atoms with van der Waals surface area (Å²) in [6.45, 7) is 0. The van der Waals surface area contributed by atoms with Crippen molar-refractivity contribution >= 4 is 5.97 Å². The Morgan fingerprint density at radius 2 is 2.36 bits per heavy atom. The van der Waals surface area contributed by atoms with E-state index in [1.165, 1.54) is 7.11 Å². The van der Waals surface area contributed by atoms with Crippen LogP contribution < -0.4 is 0 Å². The van der Waals surface area contributed by atoms with Gasteiger partial charge >= 0.3 is 5.97 Å². The lowest BCUT2D eigenvalue weighted by atomic mass is 10.3. The molecule has 0 radical (unpaired) electrons. The summed E-state index contributed by atoms with van der Waals surface area (Å²) in [5, 5.41) is 0. The summed E-state index contributed by atoms with van der Waals surface area (Å²) < 4.78 is 4.44. The van der Waals surface area contributed by atoms with Gasteiger partial charge < -0.3 is 4.74 Å². The first-order valence-corrected chi connectivity index (χ1v) is 3.46. The first kappa shape index (κ1) is 9.77. The first-order chi connectivity index (χ1) is 5.31. The highest BCUT2D eigenvalue weighted by atomic mass is 16.5. The Morgan fingerprint density at radius 3 is 2.91 bits per heavy atom. The summed E-state index contributed by atoms with van der Waals surface area (Å²) in [5.74, 6) is 2.28. The highest BCUT2D eigenvalue weighted by molar-refractivity contribution is 5.69. The maximum Gasteiger partial charge on any atom is 0.305 e. The van der Waals surface area contributed by atoms with Gasteiger partial charge in [-0.05, 0) is 6.42 Å². The Balaban J connectivity index is 3.28. The molecule has 0 rings (SSSR count). The number of ether oxygens (including phenoxy) is 1. The molecule has 0 aliphatic heterocycles. The number of carbonyl (C=O) groups is 1. The van der Waals surface area contributed by atoms with Gasteiger partial charge in [0.2, 0.25) is 0 Å². The topological polar surface area (TPSA) is 26.3 Å². The van der Waals surface area contributed by atoms with Gasteiger partial charge in [-0.25, -0.2) is 0 Å². The highest BCUT2D eigenvalue weighted by Gasteiger charge is 1.94. The number of methoxy groups -OCH3 is 1. The van der Waals surface area contributed by atoms with Crippen molar-refractivity contribution < 1.29 is 9.53 Å². The van der Waals surface area contributed by atoms with Crippen molar-refractivity contribution in [2.45, 2.75) is 19.3 Å². The van der Waals surface area contributed by atoms with Crippen LogP contribution in [0, 0.1) is 12.3 Å². The van der Waals surface area contributed by atoms with Crippen molar-refractivity contribution in [3.8, 4) is 12.3 Å². The molecule has 0 unspecified atom stereocenters. The Kier molecular flexibility index (Phi) is 6.11. The van der Waals surface area contributed by atoms with Crippen molar-refractivity contribution in [3.63, 3.8) is 0 Å². The van der Waals surface area contributed by atoms with E-state index in [4.69, 9.17) is 6.42 Å². The van der Waals surface area contributed by atoms with Gasteiger partial charge in [0.1, 0.15) is 0 Å². The van der Waals surface area contributed by atoms with Gasteiger partial charge in [0.25, 0.3) is 0 Å². The molecule has 0 aliphatic rings. The van der Waals surface area contributed by atoms with Crippen LogP contribution in [-0.2, 0) is 9.53 Å². The van der Waals surface area contributed by atoms with E-state index in [-0.39, 0.29) is 5.97 Å². The Morgan fingerprint density at radius 1 is 1.64 bits per heavy atom. The lowest BCUT2D eigenvalue weighted by molar-refractivity contribution is -0.140. The van der Waals surface area contributed by atoms with Gasteiger partial charge in [0, 0.05) is 12.8 Å². The summed E-state index contributed by atoms with van der Waals surface area (Å²) >= 11 is 0. The average molecular weight is 152 g/mol. The Hall–Kier alpha value is -1.23. The third-order valence-corrected chi connectivity index (χ3v) is 1.15. The lowest BCUT2D eigenvalue weighted by Gasteiger charge is -1.92. The number of hydrogen-bond donors (Lipinski definition) is 0. The van der Waals surface area contributed by atoms with E-state index < -0.39 is 0 Å². The molecule has 0 heterocycles. The molecule has 60 valence electrons. The van der Waals surface area contributed by atoms with Crippen LogP contribution >= 0.6 is 0 Å². The Labute approximate surface area is 67.2 Å². The number of terminal acetylenes is 1. The molecule has 0 aliphatic carbocycles. The fourth-order valence-electron chi connectivity index (χ4n) is 0.572. The summed E-state index contributed by atoms with van der Waals surface area (Å²) in [5.41, 5.74) is 0. The maximum atomic E-state index is 10.5. The molecule has 0 spiro atoms. The third-order valence-electron chi connectivity index (χ3n) is 1.15. The number of allylic oxidation sites excluding steroid dienone is 2. The van der Waals surface area contributed by atoms with Crippen molar-refractivity contribution in [2.75, 3.05) is 7.11 Å². The molecule has 0 amide bonds. The van der Waals surface area contributed by atoms with Gasteiger partial charge in [-0.3, -0.25) is 4.79 Å². The molecule has 0 aromatic rings. The van der Waals surface area contributed by atoms with Gasteiger partial charge in [0.15, 0.2) is 0 Å². The zero-order chi connectivity index (χ0) is 8.53. The fraction of sp³-hybridized carbons (Fsp3) is 0.444. The van der Waals surface area contributed by atoms with Crippen LogP contribution in [0.1, 0.15) is 19.3 Å². The van der Waals surface area contributed by atoms with Crippen molar-refractivity contribution in [1.29, 1.82) is 0 Å². The molecular weight excluding hydrogens is 140 g/mol. The normalized spacial score (nSPS) is 9.45. The Bertz CT molecular complexity index is 174. The largest absolute Gasteiger partial charge is 0.469 e. The van der Waals surface area contributed by atoms with Crippen LogP contribution in [0.5, 0.6) is 0 Å². The number of esters is 1. The summed E-state index contributed by atoms with van der Waals surface area (Å²) in [6, 6.07) is 0.